The molecule has 1 N–H and O–H groups in total. The van der Waals surface area contributed by atoms with E-state index in [0.29, 0.717) is 0 Å². The number of aromatic nitrogens is 1. The number of halogens is 1. The largest absolute Gasteiger partial charge is 0.358 e. The van der Waals surface area contributed by atoms with Crippen molar-refractivity contribution in [2.45, 2.75) is 148 Å². The summed E-state index contributed by atoms with van der Waals surface area (Å²) in [5, 5.41) is 1.45. The van der Waals surface area contributed by atoms with Crippen molar-refractivity contribution in [2.24, 2.45) is 5.92 Å². The second-order valence-corrected chi connectivity index (χ2v) is 12.1. The van der Waals surface area contributed by atoms with E-state index >= 15 is 0 Å². The molecule has 0 spiro atoms. The van der Waals surface area contributed by atoms with Gasteiger partial charge in [0.05, 0.1) is 0 Å². The molecular weight excluding hydrogens is 478 g/mol. The van der Waals surface area contributed by atoms with Gasteiger partial charge in [-0.3, -0.25) is 0 Å². The van der Waals surface area contributed by atoms with Crippen LogP contribution in [-0.2, 0) is 12.8 Å². The summed E-state index contributed by atoms with van der Waals surface area (Å²) in [5.74, 6) is 0.895. The number of benzene rings is 1. The molecule has 0 saturated heterocycles. The standard InChI is InChI=1S/C32H52BrN/c1-2-3-4-5-6-7-8-9-10-11-12-13-14-15-16-17-18-19-20-27-21-23-31-29(25-27)30-26-28(33)22-24-32(30)34-31/h22,24,26-27,34H,2-21,23,25H2,1H3. The minimum absolute atomic E-state index is 0.895. The van der Waals surface area contributed by atoms with Crippen LogP contribution in [0.4, 0.5) is 0 Å². The van der Waals surface area contributed by atoms with Crippen LogP contribution in [0.2, 0.25) is 0 Å². The summed E-state index contributed by atoms with van der Waals surface area (Å²) in [7, 11) is 0. The van der Waals surface area contributed by atoms with Crippen LogP contribution in [-0.4, -0.2) is 4.98 Å². The molecule has 1 aliphatic rings. The Labute approximate surface area is 219 Å². The lowest BCUT2D eigenvalue weighted by Gasteiger charge is -2.22. The Morgan fingerprint density at radius 3 is 1.82 bits per heavy atom. The van der Waals surface area contributed by atoms with Crippen molar-refractivity contribution < 1.29 is 0 Å². The molecule has 192 valence electrons. The molecule has 1 aromatic heterocycles. The molecule has 1 atom stereocenters. The Bertz CT molecular complexity index is 792. The molecule has 3 rings (SSSR count). The van der Waals surface area contributed by atoms with Gasteiger partial charge in [-0.2, -0.15) is 0 Å². The summed E-state index contributed by atoms with van der Waals surface area (Å²) in [6.45, 7) is 2.30. The third-order valence-corrected chi connectivity index (χ3v) is 8.71. The van der Waals surface area contributed by atoms with Gasteiger partial charge in [0.2, 0.25) is 0 Å². The summed E-state index contributed by atoms with van der Waals surface area (Å²) < 4.78 is 1.20. The van der Waals surface area contributed by atoms with E-state index in [2.05, 4.69) is 46.0 Å². The molecule has 0 bridgehead atoms. The number of nitrogens with one attached hydrogen (secondary N) is 1. The van der Waals surface area contributed by atoms with Gasteiger partial charge in [0.25, 0.3) is 0 Å². The Balaban J connectivity index is 1.10. The van der Waals surface area contributed by atoms with E-state index in [9.17, 15) is 0 Å². The molecule has 1 aromatic carbocycles. The second kappa shape index (κ2) is 16.8. The fourth-order valence-electron chi connectivity index (χ4n) is 6.04. The maximum atomic E-state index is 3.67. The average Bonchev–Trinajstić information content (AvgIpc) is 3.20. The van der Waals surface area contributed by atoms with Crippen LogP contribution in [0.5, 0.6) is 0 Å². The first kappa shape index (κ1) is 27.8. The number of fused-ring (bicyclic) bond motifs is 3. The molecule has 0 radical (unpaired) electrons. The molecule has 1 unspecified atom stereocenters. The van der Waals surface area contributed by atoms with Crippen molar-refractivity contribution in [1.29, 1.82) is 0 Å². The number of H-pyrrole nitrogens is 1. The van der Waals surface area contributed by atoms with Gasteiger partial charge in [0.15, 0.2) is 0 Å². The number of hydrogen-bond acceptors (Lipinski definition) is 0. The highest BCUT2D eigenvalue weighted by atomic mass is 79.9. The zero-order valence-corrected chi connectivity index (χ0v) is 23.8. The molecule has 34 heavy (non-hydrogen) atoms. The third kappa shape index (κ3) is 10.1. The summed E-state index contributed by atoms with van der Waals surface area (Å²) in [4.78, 5) is 3.67. The van der Waals surface area contributed by atoms with Crippen molar-refractivity contribution >= 4 is 26.8 Å². The Morgan fingerprint density at radius 1 is 0.735 bits per heavy atom. The van der Waals surface area contributed by atoms with E-state index in [1.165, 1.54) is 162 Å². The molecule has 0 aliphatic heterocycles. The zero-order valence-electron chi connectivity index (χ0n) is 22.2. The monoisotopic (exact) mass is 529 g/mol. The van der Waals surface area contributed by atoms with Crippen molar-refractivity contribution in [2.75, 3.05) is 0 Å². The number of rotatable bonds is 19. The van der Waals surface area contributed by atoms with Gasteiger partial charge < -0.3 is 4.98 Å². The highest BCUT2D eigenvalue weighted by Gasteiger charge is 2.22. The molecule has 2 heteroatoms. The lowest BCUT2D eigenvalue weighted by atomic mass is 9.83. The van der Waals surface area contributed by atoms with E-state index < -0.39 is 0 Å². The zero-order chi connectivity index (χ0) is 23.8. The number of aryl methyl sites for hydroxylation is 1. The van der Waals surface area contributed by atoms with E-state index in [-0.39, 0.29) is 0 Å². The number of aromatic amines is 1. The highest BCUT2D eigenvalue weighted by molar-refractivity contribution is 9.10. The predicted molar refractivity (Wildman–Crippen MR) is 155 cm³/mol. The van der Waals surface area contributed by atoms with Crippen LogP contribution in [0, 0.1) is 5.92 Å². The van der Waals surface area contributed by atoms with Crippen molar-refractivity contribution in [3.8, 4) is 0 Å². The number of hydrogen-bond donors (Lipinski definition) is 1. The molecule has 1 heterocycles. The summed E-state index contributed by atoms with van der Waals surface area (Å²) in [6, 6.07) is 6.69. The Kier molecular flexibility index (Phi) is 13.8. The van der Waals surface area contributed by atoms with Crippen LogP contribution in [0.3, 0.4) is 0 Å². The minimum Gasteiger partial charge on any atom is -0.358 e. The van der Waals surface area contributed by atoms with Crippen LogP contribution >= 0.6 is 15.9 Å². The predicted octanol–water partition coefficient (Wildman–Crippen LogP) is 11.5. The van der Waals surface area contributed by atoms with E-state index in [0.717, 1.165) is 5.92 Å². The van der Waals surface area contributed by atoms with Crippen molar-refractivity contribution in [3.63, 3.8) is 0 Å². The summed E-state index contributed by atoms with van der Waals surface area (Å²) >= 11 is 3.65. The van der Waals surface area contributed by atoms with E-state index in [1.807, 2.05) is 0 Å². The highest BCUT2D eigenvalue weighted by Crippen LogP contribution is 2.35. The second-order valence-electron chi connectivity index (χ2n) is 11.2. The smallest absolute Gasteiger partial charge is 0.0459 e. The molecule has 2 aromatic rings. The van der Waals surface area contributed by atoms with Crippen LogP contribution in [0.15, 0.2) is 22.7 Å². The molecule has 1 aliphatic carbocycles. The minimum atomic E-state index is 0.895. The van der Waals surface area contributed by atoms with Gasteiger partial charge in [0, 0.05) is 21.1 Å². The van der Waals surface area contributed by atoms with Crippen molar-refractivity contribution in [1.82, 2.24) is 4.98 Å². The summed E-state index contributed by atoms with van der Waals surface area (Å²) in [5.41, 5.74) is 4.43. The van der Waals surface area contributed by atoms with Gasteiger partial charge in [-0.1, -0.05) is 145 Å². The van der Waals surface area contributed by atoms with Crippen LogP contribution in [0.25, 0.3) is 10.9 Å². The lowest BCUT2D eigenvalue weighted by Crippen LogP contribution is -2.13. The van der Waals surface area contributed by atoms with Gasteiger partial charge >= 0.3 is 0 Å². The Morgan fingerprint density at radius 2 is 1.26 bits per heavy atom. The summed E-state index contributed by atoms with van der Waals surface area (Å²) in [6.07, 6.45) is 31.6. The number of unbranched alkanes of at least 4 members (excludes halogenated alkanes) is 17. The van der Waals surface area contributed by atoms with E-state index in [1.54, 1.807) is 5.56 Å². The van der Waals surface area contributed by atoms with Gasteiger partial charge in [-0.05, 0) is 48.9 Å². The van der Waals surface area contributed by atoms with Gasteiger partial charge in [-0.25, -0.2) is 0 Å². The van der Waals surface area contributed by atoms with Crippen molar-refractivity contribution in [3.05, 3.63) is 33.9 Å². The van der Waals surface area contributed by atoms with Gasteiger partial charge in [0.1, 0.15) is 0 Å². The molecular formula is C32H52BrN. The Hall–Kier alpha value is -0.760. The maximum Gasteiger partial charge on any atom is 0.0459 e. The van der Waals surface area contributed by atoms with E-state index in [4.69, 9.17) is 0 Å². The third-order valence-electron chi connectivity index (χ3n) is 8.22. The lowest BCUT2D eigenvalue weighted by molar-refractivity contribution is 0.403. The molecule has 1 nitrogen and oxygen atoms in total. The topological polar surface area (TPSA) is 15.8 Å². The fourth-order valence-corrected chi connectivity index (χ4v) is 6.40. The van der Waals surface area contributed by atoms with Crippen LogP contribution in [0.1, 0.15) is 147 Å². The SMILES string of the molecule is CCCCCCCCCCCCCCCCCCCCC1CCc2[nH]c3ccc(Br)cc3c2C1. The normalized spacial score (nSPS) is 15.8. The fraction of sp³-hybridized carbons (Fsp3) is 0.750. The first-order chi connectivity index (χ1) is 16.8. The van der Waals surface area contributed by atoms with Crippen LogP contribution < -0.4 is 0 Å². The first-order valence-electron chi connectivity index (χ1n) is 15.1. The first-order valence-corrected chi connectivity index (χ1v) is 15.9. The average molecular weight is 531 g/mol. The molecule has 0 fully saturated rings. The maximum absolute atomic E-state index is 3.67. The van der Waals surface area contributed by atoms with Gasteiger partial charge in [-0.15, -0.1) is 0 Å². The quantitative estimate of drug-likeness (QED) is 0.174. The molecule has 0 amide bonds. The molecule has 0 saturated carbocycles.